The maximum atomic E-state index is 12.3. The summed E-state index contributed by atoms with van der Waals surface area (Å²) in [6, 6.07) is 10.3. The van der Waals surface area contributed by atoms with Crippen LogP contribution in [0.5, 0.6) is 0 Å². The van der Waals surface area contributed by atoms with Gasteiger partial charge >= 0.3 is 0 Å². The summed E-state index contributed by atoms with van der Waals surface area (Å²) < 4.78 is 5.33. The standard InChI is InChI=1S/C20H20N4O4/c25-18(7-8-24-19(26)15-3-1-2-4-16(15)20(24)27)22-17-6-5-14(13-21-17)23-9-11-28-12-10-23/h1-6,13H,7-12H2,(H,21,22,25). The van der Waals surface area contributed by atoms with E-state index in [1.807, 2.05) is 6.07 Å². The second kappa shape index (κ2) is 7.77. The van der Waals surface area contributed by atoms with Crippen molar-refractivity contribution in [3.05, 3.63) is 53.7 Å². The topological polar surface area (TPSA) is 91.8 Å². The van der Waals surface area contributed by atoms with Gasteiger partial charge in [-0.15, -0.1) is 0 Å². The Kier molecular flexibility index (Phi) is 5.03. The van der Waals surface area contributed by atoms with Crippen LogP contribution in [0, 0.1) is 0 Å². The first kappa shape index (κ1) is 18.1. The van der Waals surface area contributed by atoms with Gasteiger partial charge in [0, 0.05) is 26.1 Å². The van der Waals surface area contributed by atoms with Crippen molar-refractivity contribution in [1.82, 2.24) is 9.88 Å². The Morgan fingerprint density at radius 3 is 2.32 bits per heavy atom. The number of benzene rings is 1. The van der Waals surface area contributed by atoms with Crippen molar-refractivity contribution < 1.29 is 19.1 Å². The number of nitrogens with zero attached hydrogens (tertiary/aromatic N) is 3. The molecule has 1 fully saturated rings. The van der Waals surface area contributed by atoms with E-state index in [1.54, 1.807) is 36.5 Å². The van der Waals surface area contributed by atoms with E-state index < -0.39 is 0 Å². The van der Waals surface area contributed by atoms with Crippen LogP contribution in [0.2, 0.25) is 0 Å². The third kappa shape index (κ3) is 3.59. The zero-order valence-corrected chi connectivity index (χ0v) is 15.3. The Hall–Kier alpha value is -3.26. The van der Waals surface area contributed by atoms with Gasteiger partial charge in [0.15, 0.2) is 0 Å². The SMILES string of the molecule is O=C(CCN1C(=O)c2ccccc2C1=O)Nc1ccc(N2CCOCC2)cn1. The molecule has 8 nitrogen and oxygen atoms in total. The van der Waals surface area contributed by atoms with E-state index in [4.69, 9.17) is 4.74 Å². The van der Waals surface area contributed by atoms with Gasteiger partial charge in [-0.05, 0) is 24.3 Å². The number of carbonyl (C=O) groups is 3. The molecular weight excluding hydrogens is 360 g/mol. The average Bonchev–Trinajstić information content (AvgIpc) is 2.98. The molecule has 0 aliphatic carbocycles. The first-order chi connectivity index (χ1) is 13.6. The number of morpholine rings is 1. The van der Waals surface area contributed by atoms with E-state index >= 15 is 0 Å². The molecule has 0 bridgehead atoms. The van der Waals surface area contributed by atoms with Gasteiger partial charge in [-0.25, -0.2) is 4.98 Å². The van der Waals surface area contributed by atoms with Crippen molar-refractivity contribution in [1.29, 1.82) is 0 Å². The van der Waals surface area contributed by atoms with Crippen LogP contribution < -0.4 is 10.2 Å². The second-order valence-electron chi connectivity index (χ2n) is 6.61. The Bertz CT molecular complexity index is 872. The molecule has 3 amide bonds. The molecule has 0 saturated carbocycles. The van der Waals surface area contributed by atoms with Crippen LogP contribution in [0.15, 0.2) is 42.6 Å². The molecule has 0 atom stereocenters. The second-order valence-corrected chi connectivity index (χ2v) is 6.61. The fraction of sp³-hybridized carbons (Fsp3) is 0.300. The molecular formula is C20H20N4O4. The third-order valence-electron chi connectivity index (χ3n) is 4.83. The van der Waals surface area contributed by atoms with Crippen LogP contribution in [-0.4, -0.2) is 60.5 Å². The fourth-order valence-corrected chi connectivity index (χ4v) is 3.33. The number of pyridine rings is 1. The molecule has 8 heteroatoms. The van der Waals surface area contributed by atoms with Crippen LogP contribution in [0.25, 0.3) is 0 Å². The number of aromatic nitrogens is 1. The number of fused-ring (bicyclic) bond motifs is 1. The molecule has 1 aromatic carbocycles. The highest BCUT2D eigenvalue weighted by atomic mass is 16.5. The van der Waals surface area contributed by atoms with Crippen LogP contribution in [0.3, 0.4) is 0 Å². The van der Waals surface area contributed by atoms with Gasteiger partial charge in [0.2, 0.25) is 5.91 Å². The number of hydrogen-bond donors (Lipinski definition) is 1. The van der Waals surface area contributed by atoms with Gasteiger partial charge in [0.05, 0.1) is 36.2 Å². The molecule has 3 heterocycles. The van der Waals surface area contributed by atoms with E-state index in [-0.39, 0.29) is 30.7 Å². The minimum Gasteiger partial charge on any atom is -0.378 e. The molecule has 28 heavy (non-hydrogen) atoms. The fourth-order valence-electron chi connectivity index (χ4n) is 3.33. The normalized spacial score (nSPS) is 16.3. The lowest BCUT2D eigenvalue weighted by atomic mass is 10.1. The minimum atomic E-state index is -0.360. The third-order valence-corrected chi connectivity index (χ3v) is 4.83. The molecule has 1 aromatic heterocycles. The van der Waals surface area contributed by atoms with Crippen molar-refractivity contribution in [2.45, 2.75) is 6.42 Å². The Labute approximate surface area is 162 Å². The summed E-state index contributed by atoms with van der Waals surface area (Å²) in [5.41, 5.74) is 1.74. The number of ether oxygens (including phenoxy) is 1. The van der Waals surface area contributed by atoms with Gasteiger partial charge in [-0.1, -0.05) is 12.1 Å². The molecule has 2 aromatic rings. The maximum absolute atomic E-state index is 12.3. The van der Waals surface area contributed by atoms with E-state index in [9.17, 15) is 14.4 Å². The molecule has 2 aliphatic heterocycles. The maximum Gasteiger partial charge on any atom is 0.261 e. The monoisotopic (exact) mass is 380 g/mol. The van der Waals surface area contributed by atoms with Crippen LogP contribution >= 0.6 is 0 Å². The highest BCUT2D eigenvalue weighted by molar-refractivity contribution is 6.21. The molecule has 1 N–H and O–H groups in total. The number of carbonyl (C=O) groups excluding carboxylic acids is 3. The summed E-state index contributed by atoms with van der Waals surface area (Å²) in [4.78, 5) is 44.4. The first-order valence-corrected chi connectivity index (χ1v) is 9.17. The highest BCUT2D eigenvalue weighted by Gasteiger charge is 2.34. The van der Waals surface area contributed by atoms with Crippen molar-refractivity contribution in [2.75, 3.05) is 43.1 Å². The van der Waals surface area contributed by atoms with Crippen molar-refractivity contribution in [2.24, 2.45) is 0 Å². The minimum absolute atomic E-state index is 0.0123. The molecule has 0 spiro atoms. The summed E-state index contributed by atoms with van der Waals surface area (Å²) >= 11 is 0. The highest BCUT2D eigenvalue weighted by Crippen LogP contribution is 2.22. The number of anilines is 2. The number of amides is 3. The lowest BCUT2D eigenvalue weighted by Crippen LogP contribution is -2.36. The van der Waals surface area contributed by atoms with Crippen molar-refractivity contribution in [3.63, 3.8) is 0 Å². The van der Waals surface area contributed by atoms with Gasteiger partial charge < -0.3 is 15.0 Å². The van der Waals surface area contributed by atoms with E-state index in [2.05, 4.69) is 15.2 Å². The van der Waals surface area contributed by atoms with Gasteiger partial charge in [-0.3, -0.25) is 19.3 Å². The quantitative estimate of drug-likeness (QED) is 0.792. The average molecular weight is 380 g/mol. The Morgan fingerprint density at radius 2 is 1.71 bits per heavy atom. The smallest absolute Gasteiger partial charge is 0.261 e. The summed E-state index contributed by atoms with van der Waals surface area (Å²) in [6.07, 6.45) is 1.73. The van der Waals surface area contributed by atoms with E-state index in [1.165, 1.54) is 0 Å². The van der Waals surface area contributed by atoms with Crippen molar-refractivity contribution in [3.8, 4) is 0 Å². The number of imide groups is 1. The summed E-state index contributed by atoms with van der Waals surface area (Å²) in [6.45, 7) is 3.04. The number of nitrogens with one attached hydrogen (secondary N) is 1. The lowest BCUT2D eigenvalue weighted by Gasteiger charge is -2.28. The first-order valence-electron chi connectivity index (χ1n) is 9.17. The zero-order valence-electron chi connectivity index (χ0n) is 15.3. The van der Waals surface area contributed by atoms with Gasteiger partial charge in [0.25, 0.3) is 11.8 Å². The molecule has 0 radical (unpaired) electrons. The van der Waals surface area contributed by atoms with Crippen LogP contribution in [0.1, 0.15) is 27.1 Å². The summed E-state index contributed by atoms with van der Waals surface area (Å²) in [5, 5.41) is 2.70. The molecule has 4 rings (SSSR count). The summed E-state index contributed by atoms with van der Waals surface area (Å²) in [5.74, 6) is -0.588. The van der Waals surface area contributed by atoms with E-state index in [0.717, 1.165) is 23.7 Å². The largest absolute Gasteiger partial charge is 0.378 e. The molecule has 2 aliphatic rings. The predicted molar refractivity (Wildman–Crippen MR) is 102 cm³/mol. The van der Waals surface area contributed by atoms with Crippen LogP contribution in [-0.2, 0) is 9.53 Å². The van der Waals surface area contributed by atoms with Gasteiger partial charge in [0.1, 0.15) is 5.82 Å². The molecule has 0 unspecified atom stereocenters. The Morgan fingerprint density at radius 1 is 1.04 bits per heavy atom. The number of rotatable bonds is 5. The predicted octanol–water partition coefficient (Wildman–Crippen LogP) is 1.54. The van der Waals surface area contributed by atoms with Crippen molar-refractivity contribution >= 4 is 29.2 Å². The number of hydrogen-bond acceptors (Lipinski definition) is 6. The zero-order chi connectivity index (χ0) is 19.5. The van der Waals surface area contributed by atoms with E-state index in [0.29, 0.717) is 30.2 Å². The molecule has 1 saturated heterocycles. The van der Waals surface area contributed by atoms with Crippen LogP contribution in [0.4, 0.5) is 11.5 Å². The molecule has 144 valence electrons. The van der Waals surface area contributed by atoms with Gasteiger partial charge in [-0.2, -0.15) is 0 Å². The Balaban J connectivity index is 1.31. The lowest BCUT2D eigenvalue weighted by molar-refractivity contribution is -0.116. The summed E-state index contributed by atoms with van der Waals surface area (Å²) in [7, 11) is 0.